The normalized spacial score (nSPS) is 20.6. The highest BCUT2D eigenvalue weighted by molar-refractivity contribution is 5.76. The molecule has 2 fully saturated rings. The Labute approximate surface area is 161 Å². The molecule has 0 spiro atoms. The van der Waals surface area contributed by atoms with Crippen LogP contribution in [0.3, 0.4) is 0 Å². The first-order valence-corrected chi connectivity index (χ1v) is 10.5. The number of aromatic nitrogens is 4. The molecule has 1 aliphatic heterocycles. The molecule has 0 radical (unpaired) electrons. The molecule has 0 N–H and O–H groups in total. The number of carbonyl (C=O) groups is 1. The van der Waals surface area contributed by atoms with Gasteiger partial charge in [-0.15, -0.1) is 0 Å². The standard InChI is InChI=1S/C21H31N5O/c1-17-22-9-13-24(17)11-4-8-20(27)25-12-3-7-19(16-25)21-23-10-14-26(21)15-18-5-2-6-18/h9-10,13-14,18-19H,2-8,11-12,15-16H2,1H3. The van der Waals surface area contributed by atoms with E-state index in [-0.39, 0.29) is 5.91 Å². The Hall–Kier alpha value is -2.11. The van der Waals surface area contributed by atoms with Crippen LogP contribution in [0.1, 0.15) is 62.5 Å². The largest absolute Gasteiger partial charge is 0.342 e. The molecule has 27 heavy (non-hydrogen) atoms. The lowest BCUT2D eigenvalue weighted by Gasteiger charge is -2.34. The predicted octanol–water partition coefficient (Wildman–Crippen LogP) is 3.37. The minimum Gasteiger partial charge on any atom is -0.342 e. The number of imidazole rings is 2. The van der Waals surface area contributed by atoms with E-state index in [0.717, 1.165) is 57.2 Å². The van der Waals surface area contributed by atoms with Gasteiger partial charge in [-0.2, -0.15) is 0 Å². The van der Waals surface area contributed by atoms with Crippen molar-refractivity contribution in [3.63, 3.8) is 0 Å². The maximum Gasteiger partial charge on any atom is 0.222 e. The number of rotatable bonds is 7. The minimum atomic E-state index is 0.287. The van der Waals surface area contributed by atoms with E-state index in [0.29, 0.717) is 12.3 Å². The summed E-state index contributed by atoms with van der Waals surface area (Å²) in [6, 6.07) is 0. The van der Waals surface area contributed by atoms with Gasteiger partial charge in [0, 0.05) is 63.3 Å². The van der Waals surface area contributed by atoms with Gasteiger partial charge in [-0.1, -0.05) is 6.42 Å². The third-order valence-corrected chi connectivity index (χ3v) is 6.28. The van der Waals surface area contributed by atoms with Crippen LogP contribution in [0.2, 0.25) is 0 Å². The van der Waals surface area contributed by atoms with Gasteiger partial charge in [0.1, 0.15) is 11.6 Å². The van der Waals surface area contributed by atoms with E-state index in [1.165, 1.54) is 25.1 Å². The summed E-state index contributed by atoms with van der Waals surface area (Å²) in [5.41, 5.74) is 0. The molecule has 6 nitrogen and oxygen atoms in total. The number of likely N-dealkylation sites (tertiary alicyclic amines) is 1. The maximum atomic E-state index is 12.7. The van der Waals surface area contributed by atoms with Gasteiger partial charge in [-0.25, -0.2) is 9.97 Å². The molecular weight excluding hydrogens is 338 g/mol. The van der Waals surface area contributed by atoms with Gasteiger partial charge in [0.25, 0.3) is 0 Å². The molecule has 6 heteroatoms. The number of hydrogen-bond donors (Lipinski definition) is 0. The lowest BCUT2D eigenvalue weighted by atomic mass is 9.85. The zero-order valence-electron chi connectivity index (χ0n) is 16.4. The Kier molecular flexibility index (Phi) is 5.60. The highest BCUT2D eigenvalue weighted by Crippen LogP contribution is 2.31. The molecule has 2 aromatic heterocycles. The Morgan fingerprint density at radius 3 is 2.67 bits per heavy atom. The summed E-state index contributed by atoms with van der Waals surface area (Å²) in [6.07, 6.45) is 15.6. The van der Waals surface area contributed by atoms with Gasteiger partial charge in [0.15, 0.2) is 0 Å². The average molecular weight is 370 g/mol. The second-order valence-electron chi connectivity index (χ2n) is 8.19. The Bertz CT molecular complexity index is 760. The Balaban J connectivity index is 1.30. The minimum absolute atomic E-state index is 0.287. The average Bonchev–Trinajstić information content (AvgIpc) is 3.27. The highest BCUT2D eigenvalue weighted by Gasteiger charge is 2.28. The first-order valence-electron chi connectivity index (χ1n) is 10.5. The second-order valence-corrected chi connectivity index (χ2v) is 8.19. The van der Waals surface area contributed by atoms with Crippen molar-refractivity contribution in [1.82, 2.24) is 24.0 Å². The molecule has 2 aliphatic rings. The maximum absolute atomic E-state index is 12.7. The van der Waals surface area contributed by atoms with Crippen LogP contribution in [0.15, 0.2) is 24.8 Å². The van der Waals surface area contributed by atoms with E-state index in [4.69, 9.17) is 0 Å². The number of carbonyl (C=O) groups excluding carboxylic acids is 1. The van der Waals surface area contributed by atoms with Gasteiger partial charge in [0.2, 0.25) is 5.91 Å². The molecule has 2 aromatic rings. The van der Waals surface area contributed by atoms with Crippen LogP contribution in [0.25, 0.3) is 0 Å². The van der Waals surface area contributed by atoms with Crippen LogP contribution in [0.5, 0.6) is 0 Å². The van der Waals surface area contributed by atoms with Gasteiger partial charge < -0.3 is 14.0 Å². The van der Waals surface area contributed by atoms with Crippen LogP contribution in [0.4, 0.5) is 0 Å². The number of nitrogens with zero attached hydrogens (tertiary/aromatic N) is 5. The molecule has 1 saturated carbocycles. The van der Waals surface area contributed by atoms with Crippen LogP contribution >= 0.6 is 0 Å². The molecule has 1 unspecified atom stereocenters. The zero-order valence-corrected chi connectivity index (χ0v) is 16.4. The number of hydrogen-bond acceptors (Lipinski definition) is 3. The van der Waals surface area contributed by atoms with Crippen molar-refractivity contribution >= 4 is 5.91 Å². The summed E-state index contributed by atoms with van der Waals surface area (Å²) in [7, 11) is 0. The summed E-state index contributed by atoms with van der Waals surface area (Å²) in [5.74, 6) is 3.70. The van der Waals surface area contributed by atoms with Gasteiger partial charge in [-0.05, 0) is 44.9 Å². The molecule has 1 saturated heterocycles. The van der Waals surface area contributed by atoms with Crippen molar-refractivity contribution in [3.8, 4) is 0 Å². The first-order chi connectivity index (χ1) is 13.2. The van der Waals surface area contributed by atoms with E-state index in [2.05, 4.69) is 30.2 Å². The number of aryl methyl sites for hydroxylation is 2. The fraction of sp³-hybridized carbons (Fsp3) is 0.667. The summed E-state index contributed by atoms with van der Waals surface area (Å²) < 4.78 is 4.47. The third-order valence-electron chi connectivity index (χ3n) is 6.28. The van der Waals surface area contributed by atoms with Crippen molar-refractivity contribution < 1.29 is 4.79 Å². The first kappa shape index (κ1) is 18.3. The van der Waals surface area contributed by atoms with Crippen molar-refractivity contribution in [2.75, 3.05) is 13.1 Å². The molecule has 1 aliphatic carbocycles. The fourth-order valence-corrected chi connectivity index (χ4v) is 4.40. The summed E-state index contributed by atoms with van der Waals surface area (Å²) >= 11 is 0. The van der Waals surface area contributed by atoms with E-state index >= 15 is 0 Å². The van der Waals surface area contributed by atoms with Crippen LogP contribution in [-0.4, -0.2) is 43.0 Å². The summed E-state index contributed by atoms with van der Waals surface area (Å²) in [5, 5.41) is 0. The molecule has 1 amide bonds. The topological polar surface area (TPSA) is 56.0 Å². The lowest BCUT2D eigenvalue weighted by molar-refractivity contribution is -0.132. The monoisotopic (exact) mass is 369 g/mol. The number of amides is 1. The Morgan fingerprint density at radius 2 is 1.93 bits per heavy atom. The highest BCUT2D eigenvalue weighted by atomic mass is 16.2. The van der Waals surface area contributed by atoms with E-state index in [1.807, 2.05) is 25.5 Å². The van der Waals surface area contributed by atoms with E-state index < -0.39 is 0 Å². The molecule has 146 valence electrons. The van der Waals surface area contributed by atoms with Crippen molar-refractivity contribution in [2.45, 2.75) is 70.9 Å². The van der Waals surface area contributed by atoms with Crippen molar-refractivity contribution in [3.05, 3.63) is 36.4 Å². The zero-order chi connectivity index (χ0) is 18.6. The molecule has 0 bridgehead atoms. The molecule has 1 atom stereocenters. The summed E-state index contributed by atoms with van der Waals surface area (Å²) in [6.45, 7) is 5.68. The van der Waals surface area contributed by atoms with Gasteiger partial charge in [0.05, 0.1) is 0 Å². The van der Waals surface area contributed by atoms with Crippen LogP contribution < -0.4 is 0 Å². The van der Waals surface area contributed by atoms with Crippen molar-refractivity contribution in [1.29, 1.82) is 0 Å². The quantitative estimate of drug-likeness (QED) is 0.752. The van der Waals surface area contributed by atoms with Gasteiger partial charge >= 0.3 is 0 Å². The molecule has 3 heterocycles. The fourth-order valence-electron chi connectivity index (χ4n) is 4.40. The van der Waals surface area contributed by atoms with Crippen LogP contribution in [-0.2, 0) is 17.9 Å². The SMILES string of the molecule is Cc1nccn1CCCC(=O)N1CCCC(c2nccn2CC2CCC2)C1. The van der Waals surface area contributed by atoms with Gasteiger partial charge in [-0.3, -0.25) is 4.79 Å². The van der Waals surface area contributed by atoms with Crippen molar-refractivity contribution in [2.24, 2.45) is 5.92 Å². The molecule has 4 rings (SSSR count). The van der Waals surface area contributed by atoms with Crippen LogP contribution in [0, 0.1) is 12.8 Å². The molecule has 0 aromatic carbocycles. The second kappa shape index (κ2) is 8.28. The Morgan fingerprint density at radius 1 is 1.11 bits per heavy atom. The third kappa shape index (κ3) is 4.25. The summed E-state index contributed by atoms with van der Waals surface area (Å²) in [4.78, 5) is 23.7. The number of piperidine rings is 1. The lowest BCUT2D eigenvalue weighted by Crippen LogP contribution is -2.40. The smallest absolute Gasteiger partial charge is 0.222 e. The predicted molar refractivity (Wildman–Crippen MR) is 104 cm³/mol. The van der Waals surface area contributed by atoms with E-state index in [9.17, 15) is 4.79 Å². The van der Waals surface area contributed by atoms with E-state index in [1.54, 1.807) is 0 Å². The molecular formula is C21H31N5O.